The average Bonchev–Trinajstić information content (AvgIpc) is 0.684. The number of hydrogen-bond donors (Lipinski definition) is 0. The third kappa shape index (κ3) is 16.6. The van der Waals surface area contributed by atoms with Crippen LogP contribution in [0.3, 0.4) is 0 Å². The van der Waals surface area contributed by atoms with Gasteiger partial charge in [0, 0.05) is 54.4 Å². The number of nitrogens with zero attached hydrogens (tertiary/aromatic N) is 3. The SMILES string of the molecule is C1CCC(C2CCC(N(C3CCC(C4CCCCC4)CC3)C3CC4C5B(C6CC(C7CCCCC7)CCC6N4C4C(C6CCCCC6)CC(C6CCCCC6)CC4C4CCCCC4)C4CCC(C6CC7CCCC8C9CCCC%10CCCC(C(C6)C78)C%109)CC4N(C4C(C6CCCCC6)CC(C6CCCCC6)CC4C4CCCCC4)C5C3)CC2)CC1. The Morgan fingerprint density at radius 3 is 0.875 bits per heavy atom. The Morgan fingerprint density at radius 1 is 0.158 bits per heavy atom. The van der Waals surface area contributed by atoms with E-state index in [0.717, 1.165) is 244 Å². The molecule has 0 N–H and O–H groups in total. The lowest BCUT2D eigenvalue weighted by molar-refractivity contribution is -0.157. The lowest BCUT2D eigenvalue weighted by Crippen LogP contribution is -2.78. The van der Waals surface area contributed by atoms with Crippen molar-refractivity contribution in [1.82, 2.24) is 14.7 Å². The Hall–Kier alpha value is -0.0551. The molecular formula is C116H192BN3. The van der Waals surface area contributed by atoms with Crippen molar-refractivity contribution in [3.05, 3.63) is 0 Å². The maximum Gasteiger partial charge on any atom is 0.156 e. The van der Waals surface area contributed by atoms with E-state index < -0.39 is 0 Å². The fourth-order valence-corrected chi connectivity index (χ4v) is 43.8. The van der Waals surface area contributed by atoms with Crippen LogP contribution >= 0.6 is 0 Å². The fourth-order valence-electron chi connectivity index (χ4n) is 43.8. The summed E-state index contributed by atoms with van der Waals surface area (Å²) >= 11 is 0. The Labute approximate surface area is 742 Å². The molecule has 120 heavy (non-hydrogen) atoms. The Morgan fingerprint density at radius 2 is 0.458 bits per heavy atom. The van der Waals surface area contributed by atoms with Crippen molar-refractivity contribution in [3.8, 4) is 0 Å². The van der Waals surface area contributed by atoms with E-state index in [4.69, 9.17) is 0 Å². The molecule has 2 aliphatic heterocycles. The Kier molecular flexibility index (Phi) is 26.9. The predicted octanol–water partition coefficient (Wildman–Crippen LogP) is 32.0. The summed E-state index contributed by atoms with van der Waals surface area (Å²) in [4.78, 5) is 12.1. The first-order chi connectivity index (χ1) is 59.5. The minimum absolute atomic E-state index is 0.795. The van der Waals surface area contributed by atoms with Crippen molar-refractivity contribution in [2.75, 3.05) is 0 Å². The van der Waals surface area contributed by atoms with Crippen LogP contribution in [0.1, 0.15) is 488 Å². The molecule has 23 aliphatic rings. The van der Waals surface area contributed by atoms with E-state index >= 15 is 0 Å². The van der Waals surface area contributed by atoms with Gasteiger partial charge in [-0.3, -0.25) is 14.7 Å². The summed E-state index contributed by atoms with van der Waals surface area (Å²) in [5.74, 6) is 32.1. The van der Waals surface area contributed by atoms with E-state index in [1.165, 1.54) is 12.8 Å². The van der Waals surface area contributed by atoms with Gasteiger partial charge in [-0.2, -0.15) is 0 Å². The fraction of sp³-hybridized carbons (Fsp3) is 1.00. The summed E-state index contributed by atoms with van der Waals surface area (Å²) in [5.41, 5.74) is 0. The van der Waals surface area contributed by atoms with Crippen molar-refractivity contribution in [2.24, 2.45) is 166 Å². The predicted molar refractivity (Wildman–Crippen MR) is 505 cm³/mol. The molecular weight excluding hydrogens is 1450 g/mol. The summed E-state index contributed by atoms with van der Waals surface area (Å²) < 4.78 is 0. The molecule has 0 spiro atoms. The van der Waals surface area contributed by atoms with Crippen molar-refractivity contribution >= 4 is 6.71 Å². The molecule has 0 radical (unpaired) electrons. The third-order valence-electron chi connectivity index (χ3n) is 48.1. The van der Waals surface area contributed by atoms with Crippen molar-refractivity contribution in [1.29, 1.82) is 0 Å². The minimum atomic E-state index is 0.795. The first kappa shape index (κ1) is 84.2. The largest absolute Gasteiger partial charge is 0.295 e. The highest BCUT2D eigenvalue weighted by Gasteiger charge is 2.70. The zero-order valence-corrected chi connectivity index (χ0v) is 78.8. The minimum Gasteiger partial charge on any atom is -0.295 e. The van der Waals surface area contributed by atoms with Gasteiger partial charge in [0.25, 0.3) is 0 Å². The molecule has 2 heterocycles. The molecule has 23 rings (SSSR count). The van der Waals surface area contributed by atoms with Crippen LogP contribution in [0.15, 0.2) is 0 Å². The van der Waals surface area contributed by atoms with Crippen LogP contribution in [0.5, 0.6) is 0 Å². The molecule has 0 aromatic rings. The van der Waals surface area contributed by atoms with Crippen LogP contribution in [0.25, 0.3) is 0 Å². The van der Waals surface area contributed by atoms with Gasteiger partial charge < -0.3 is 0 Å². The van der Waals surface area contributed by atoms with Crippen molar-refractivity contribution in [2.45, 2.75) is 560 Å². The van der Waals surface area contributed by atoms with Gasteiger partial charge in [-0.1, -0.05) is 347 Å². The summed E-state index contributed by atoms with van der Waals surface area (Å²) in [7, 11) is 0. The molecule has 23 unspecified atom stereocenters. The quantitative estimate of drug-likeness (QED) is 0.151. The molecule has 0 amide bonds. The highest BCUT2D eigenvalue weighted by molar-refractivity contribution is 6.65. The van der Waals surface area contributed by atoms with E-state index in [2.05, 4.69) is 14.7 Å². The van der Waals surface area contributed by atoms with Gasteiger partial charge in [0.15, 0.2) is 6.71 Å². The van der Waals surface area contributed by atoms with Crippen LogP contribution in [0, 0.1) is 166 Å². The van der Waals surface area contributed by atoms with E-state index in [0.29, 0.717) is 0 Å². The third-order valence-corrected chi connectivity index (χ3v) is 48.1. The van der Waals surface area contributed by atoms with E-state index in [1.807, 2.05) is 0 Å². The Bertz CT molecular complexity index is 3070. The molecule has 674 valence electrons. The number of hydrogen-bond acceptors (Lipinski definition) is 3. The van der Waals surface area contributed by atoms with E-state index in [1.54, 1.807) is 475 Å². The number of rotatable bonds is 15. The van der Waals surface area contributed by atoms with Crippen LogP contribution in [0.4, 0.5) is 0 Å². The van der Waals surface area contributed by atoms with Gasteiger partial charge in [-0.25, -0.2) is 0 Å². The van der Waals surface area contributed by atoms with E-state index in [9.17, 15) is 0 Å². The lowest BCUT2D eigenvalue weighted by atomic mass is 9.18. The summed E-state index contributed by atoms with van der Waals surface area (Å²) in [6, 6.07) is 7.63. The monoisotopic (exact) mass is 1640 g/mol. The lowest BCUT2D eigenvalue weighted by Gasteiger charge is -2.73. The normalized spacial score (nSPS) is 48.6. The molecule has 21 saturated carbocycles. The van der Waals surface area contributed by atoms with Gasteiger partial charge in [0.2, 0.25) is 0 Å². The second-order valence-corrected chi connectivity index (χ2v) is 52.5. The second kappa shape index (κ2) is 38.3. The number of fused-ring (bicyclic) bond motifs is 6. The first-order valence-electron chi connectivity index (χ1n) is 58.9. The molecule has 3 nitrogen and oxygen atoms in total. The second-order valence-electron chi connectivity index (χ2n) is 52.5. The maximum atomic E-state index is 4.18. The van der Waals surface area contributed by atoms with Crippen molar-refractivity contribution in [3.63, 3.8) is 0 Å². The summed E-state index contributed by atoms with van der Waals surface area (Å²) in [6.45, 7) is 0.997. The van der Waals surface area contributed by atoms with Crippen LogP contribution in [-0.2, 0) is 0 Å². The summed E-state index contributed by atoms with van der Waals surface area (Å²) in [6.07, 6.45) is 122. The topological polar surface area (TPSA) is 9.72 Å². The summed E-state index contributed by atoms with van der Waals surface area (Å²) in [5, 5.41) is 0. The smallest absolute Gasteiger partial charge is 0.156 e. The van der Waals surface area contributed by atoms with Crippen LogP contribution < -0.4 is 0 Å². The van der Waals surface area contributed by atoms with Crippen LogP contribution in [0.2, 0.25) is 17.5 Å². The Balaban J connectivity index is 0.712. The van der Waals surface area contributed by atoms with Gasteiger partial charge in [-0.15, -0.1) is 0 Å². The van der Waals surface area contributed by atoms with Gasteiger partial charge >= 0.3 is 0 Å². The highest BCUT2D eigenvalue weighted by atomic mass is 15.3. The molecule has 23 atom stereocenters. The molecule has 2 saturated heterocycles. The van der Waals surface area contributed by atoms with Gasteiger partial charge in [0.1, 0.15) is 0 Å². The molecule has 21 aliphatic carbocycles. The molecule has 0 bridgehead atoms. The average molecular weight is 1640 g/mol. The van der Waals surface area contributed by atoms with Crippen LogP contribution in [-0.4, -0.2) is 75.8 Å². The molecule has 4 heteroatoms. The first-order valence-corrected chi connectivity index (χ1v) is 58.9. The van der Waals surface area contributed by atoms with E-state index in [-0.39, 0.29) is 0 Å². The molecule has 0 aromatic carbocycles. The molecule has 0 aromatic heterocycles. The zero-order chi connectivity index (χ0) is 79.1. The van der Waals surface area contributed by atoms with Gasteiger partial charge in [0.05, 0.1) is 0 Å². The highest BCUT2D eigenvalue weighted by Crippen LogP contribution is 2.72. The van der Waals surface area contributed by atoms with Crippen molar-refractivity contribution < 1.29 is 0 Å². The standard InChI is InChI=1S/C116H192BN3/c1-10-31-77(32-11-1)82-55-61-95(62-56-82)118(96-63-57-83(58-64-96)78-33-12-2-13-34-78)97-75-110-114-111(76-97)120(116-103(86-45-24-8-25-46-86)70-94(81-39-18-5-19-40-81)71-104(116)87-47-26-9-27-48-87)109-74-90(92-67-91-51-30-53-99-98-52-28-49-88-50-29-54-100(112(88)98)105(72-92)113(91)99)59-65-106(109)117(114)107-73-89(79-35-14-3-15-36-79)60-66-108(107)119(110)115-101(84-41-20-6-21-42-84)68-93(80-37-16-4-17-38-80)69-102(115)85-43-22-7-23-44-85/h77-116H,1-76H2. The van der Waals surface area contributed by atoms with Gasteiger partial charge in [-0.05, 0) is 324 Å². The molecule has 23 fully saturated rings. The zero-order valence-electron chi connectivity index (χ0n) is 78.8. The maximum absolute atomic E-state index is 4.18.